The van der Waals surface area contributed by atoms with Crippen LogP contribution in [-0.2, 0) is 6.42 Å². The molecule has 3 nitrogen and oxygen atoms in total. The van der Waals surface area contributed by atoms with Crippen molar-refractivity contribution < 1.29 is 0 Å². The van der Waals surface area contributed by atoms with Gasteiger partial charge >= 0.3 is 0 Å². The molecule has 0 radical (unpaired) electrons. The number of aryl methyl sites for hydroxylation is 1. The van der Waals surface area contributed by atoms with E-state index in [2.05, 4.69) is 49.1 Å². The average Bonchev–Trinajstić information content (AvgIpc) is 2.38. The molecular weight excluding hydrogens is 234 g/mol. The number of unbranched alkanes of at least 4 members (excludes halogenated alkanes) is 1. The van der Waals surface area contributed by atoms with Crippen molar-refractivity contribution in [2.24, 2.45) is 5.73 Å². The molecule has 1 rings (SSSR count). The molecule has 0 aliphatic carbocycles. The van der Waals surface area contributed by atoms with Crippen LogP contribution in [0.1, 0.15) is 38.7 Å². The highest BCUT2D eigenvalue weighted by Crippen LogP contribution is 2.07. The highest BCUT2D eigenvalue weighted by atomic mass is 15.1. The largest absolute Gasteiger partial charge is 0.388 e. The molecule has 0 aliphatic rings. The quantitative estimate of drug-likeness (QED) is 0.408. The molecule has 19 heavy (non-hydrogen) atoms. The predicted molar refractivity (Wildman–Crippen MR) is 82.6 cm³/mol. The van der Waals surface area contributed by atoms with Gasteiger partial charge in [0.15, 0.2) is 0 Å². The number of benzene rings is 1. The van der Waals surface area contributed by atoms with E-state index < -0.39 is 0 Å². The molecule has 0 heterocycles. The summed E-state index contributed by atoms with van der Waals surface area (Å²) >= 11 is 0. The van der Waals surface area contributed by atoms with Crippen LogP contribution in [0, 0.1) is 5.41 Å². The summed E-state index contributed by atoms with van der Waals surface area (Å²) < 4.78 is 0. The van der Waals surface area contributed by atoms with Crippen molar-refractivity contribution in [3.63, 3.8) is 0 Å². The fourth-order valence-corrected chi connectivity index (χ4v) is 2.18. The van der Waals surface area contributed by atoms with Gasteiger partial charge in [-0.2, -0.15) is 0 Å². The Bertz CT molecular complexity index is 360. The zero-order valence-corrected chi connectivity index (χ0v) is 12.2. The lowest BCUT2D eigenvalue weighted by Crippen LogP contribution is -2.34. The van der Waals surface area contributed by atoms with Gasteiger partial charge in [-0.15, -0.1) is 0 Å². The zero-order valence-electron chi connectivity index (χ0n) is 12.2. The highest BCUT2D eigenvalue weighted by molar-refractivity contribution is 5.76. The van der Waals surface area contributed by atoms with Crippen LogP contribution in [-0.4, -0.2) is 29.9 Å². The minimum absolute atomic E-state index is 0.287. The van der Waals surface area contributed by atoms with Gasteiger partial charge in [0.25, 0.3) is 0 Å². The van der Waals surface area contributed by atoms with Gasteiger partial charge in [-0.3, -0.25) is 5.41 Å². The van der Waals surface area contributed by atoms with Gasteiger partial charge < -0.3 is 10.6 Å². The van der Waals surface area contributed by atoms with E-state index in [0.29, 0.717) is 12.5 Å². The van der Waals surface area contributed by atoms with Gasteiger partial charge in [0.05, 0.1) is 5.84 Å². The summed E-state index contributed by atoms with van der Waals surface area (Å²) in [6.45, 7) is 6.41. The van der Waals surface area contributed by atoms with Crippen molar-refractivity contribution in [2.75, 3.05) is 13.1 Å². The Morgan fingerprint density at radius 1 is 1.16 bits per heavy atom. The van der Waals surface area contributed by atoms with E-state index in [1.165, 1.54) is 18.4 Å². The maximum absolute atomic E-state index is 7.31. The normalized spacial score (nSPS) is 11.2. The number of rotatable bonds is 9. The lowest BCUT2D eigenvalue weighted by Gasteiger charge is -2.26. The van der Waals surface area contributed by atoms with Crippen molar-refractivity contribution >= 4 is 5.84 Å². The lowest BCUT2D eigenvalue weighted by molar-refractivity contribution is 0.223. The minimum Gasteiger partial charge on any atom is -0.388 e. The first-order valence-electron chi connectivity index (χ1n) is 7.20. The second kappa shape index (κ2) is 8.70. The van der Waals surface area contributed by atoms with Crippen molar-refractivity contribution in [3.05, 3.63) is 35.9 Å². The topological polar surface area (TPSA) is 53.1 Å². The van der Waals surface area contributed by atoms with Crippen LogP contribution in [0.25, 0.3) is 0 Å². The fourth-order valence-electron chi connectivity index (χ4n) is 2.18. The molecule has 1 aromatic rings. The third-order valence-electron chi connectivity index (χ3n) is 3.40. The Morgan fingerprint density at radius 2 is 1.84 bits per heavy atom. The van der Waals surface area contributed by atoms with Crippen LogP contribution in [0.15, 0.2) is 30.3 Å². The Labute approximate surface area is 117 Å². The van der Waals surface area contributed by atoms with Crippen molar-refractivity contribution in [1.29, 1.82) is 5.41 Å². The molecule has 0 aromatic heterocycles. The molecule has 3 N–H and O–H groups in total. The molecule has 0 bridgehead atoms. The summed E-state index contributed by atoms with van der Waals surface area (Å²) in [4.78, 5) is 2.41. The Morgan fingerprint density at radius 3 is 2.42 bits per heavy atom. The van der Waals surface area contributed by atoms with E-state index in [0.717, 1.165) is 19.5 Å². The summed E-state index contributed by atoms with van der Waals surface area (Å²) in [6, 6.07) is 11.2. The summed E-state index contributed by atoms with van der Waals surface area (Å²) in [5, 5.41) is 7.31. The summed E-state index contributed by atoms with van der Waals surface area (Å²) in [5.41, 5.74) is 6.85. The first-order valence-corrected chi connectivity index (χ1v) is 7.20. The first kappa shape index (κ1) is 15.7. The summed E-state index contributed by atoms with van der Waals surface area (Å²) in [5.74, 6) is 0.287. The molecule has 0 saturated carbocycles. The third kappa shape index (κ3) is 6.97. The second-order valence-corrected chi connectivity index (χ2v) is 5.35. The van der Waals surface area contributed by atoms with Gasteiger partial charge in [-0.05, 0) is 45.2 Å². The second-order valence-electron chi connectivity index (χ2n) is 5.35. The Hall–Kier alpha value is -1.35. The smallest absolute Gasteiger partial charge is 0.0918 e. The maximum atomic E-state index is 7.31. The van der Waals surface area contributed by atoms with Crippen LogP contribution in [0.4, 0.5) is 0 Å². The average molecular weight is 261 g/mol. The van der Waals surface area contributed by atoms with Gasteiger partial charge in [0.2, 0.25) is 0 Å². The van der Waals surface area contributed by atoms with Gasteiger partial charge in [0, 0.05) is 19.0 Å². The molecule has 3 heteroatoms. The molecule has 0 fully saturated rings. The molecule has 0 aliphatic heterocycles. The number of nitrogens with one attached hydrogen (secondary N) is 1. The van der Waals surface area contributed by atoms with Gasteiger partial charge in [0.1, 0.15) is 0 Å². The van der Waals surface area contributed by atoms with Crippen LogP contribution in [0.3, 0.4) is 0 Å². The number of hydrogen-bond donors (Lipinski definition) is 2. The van der Waals surface area contributed by atoms with Gasteiger partial charge in [-0.25, -0.2) is 0 Å². The first-order chi connectivity index (χ1) is 9.09. The van der Waals surface area contributed by atoms with Crippen LogP contribution in [0.2, 0.25) is 0 Å². The van der Waals surface area contributed by atoms with E-state index >= 15 is 0 Å². The van der Waals surface area contributed by atoms with Crippen molar-refractivity contribution in [3.8, 4) is 0 Å². The van der Waals surface area contributed by atoms with E-state index in [1.807, 2.05) is 0 Å². The Balaban J connectivity index is 2.23. The molecule has 0 unspecified atom stereocenters. The third-order valence-corrected chi connectivity index (χ3v) is 3.40. The molecular formula is C16H27N3. The minimum atomic E-state index is 0.287. The predicted octanol–water partition coefficient (Wildman–Crippen LogP) is 3.05. The van der Waals surface area contributed by atoms with Crippen LogP contribution in [0.5, 0.6) is 0 Å². The molecule has 106 valence electrons. The SMILES string of the molecule is CC(C)N(CCCCc1ccccc1)CCC(=N)N. The van der Waals surface area contributed by atoms with Crippen molar-refractivity contribution in [2.45, 2.75) is 45.6 Å². The van der Waals surface area contributed by atoms with E-state index in [4.69, 9.17) is 11.1 Å². The van der Waals surface area contributed by atoms with E-state index in [9.17, 15) is 0 Å². The fraction of sp³-hybridized carbons (Fsp3) is 0.562. The van der Waals surface area contributed by atoms with Gasteiger partial charge in [-0.1, -0.05) is 30.3 Å². The maximum Gasteiger partial charge on any atom is 0.0918 e. The summed E-state index contributed by atoms with van der Waals surface area (Å²) in [7, 11) is 0. The number of amidine groups is 1. The number of hydrogen-bond acceptors (Lipinski definition) is 2. The van der Waals surface area contributed by atoms with E-state index in [1.54, 1.807) is 0 Å². The Kier molecular flexibility index (Phi) is 7.19. The molecule has 0 saturated heterocycles. The number of nitrogens with two attached hydrogens (primary N) is 1. The molecule has 0 spiro atoms. The number of nitrogens with zero attached hydrogens (tertiary/aromatic N) is 1. The summed E-state index contributed by atoms with van der Waals surface area (Å²) in [6.07, 6.45) is 4.24. The molecule has 1 aromatic carbocycles. The van der Waals surface area contributed by atoms with Crippen LogP contribution < -0.4 is 5.73 Å². The lowest BCUT2D eigenvalue weighted by atomic mass is 10.1. The highest BCUT2D eigenvalue weighted by Gasteiger charge is 2.09. The van der Waals surface area contributed by atoms with E-state index in [-0.39, 0.29) is 5.84 Å². The standard InChI is InChI=1S/C16H27N3/c1-14(2)19(13-11-16(17)18)12-7-6-10-15-8-4-3-5-9-15/h3-5,8-9,14H,6-7,10-13H2,1-2H3,(H3,17,18). The van der Waals surface area contributed by atoms with Crippen molar-refractivity contribution in [1.82, 2.24) is 4.90 Å². The zero-order chi connectivity index (χ0) is 14.1. The van der Waals surface area contributed by atoms with Crippen LogP contribution >= 0.6 is 0 Å². The monoisotopic (exact) mass is 261 g/mol. The molecule has 0 amide bonds. The molecule has 0 atom stereocenters.